The summed E-state index contributed by atoms with van der Waals surface area (Å²) in [6.07, 6.45) is 0. The Balaban J connectivity index is 2.00. The van der Waals surface area contributed by atoms with E-state index in [0.29, 0.717) is 16.1 Å². The van der Waals surface area contributed by atoms with Crippen molar-refractivity contribution in [2.75, 3.05) is 0 Å². The monoisotopic (exact) mass is 290 g/mol. The molecule has 2 aromatic rings. The van der Waals surface area contributed by atoms with Gasteiger partial charge in [0, 0.05) is 0 Å². The molecule has 102 valence electrons. The maximum absolute atomic E-state index is 11.8. The summed E-state index contributed by atoms with van der Waals surface area (Å²) in [6, 6.07) is 12.7. The lowest BCUT2D eigenvalue weighted by atomic mass is 10.1. The summed E-state index contributed by atoms with van der Waals surface area (Å²) in [4.78, 5) is 22.5. The van der Waals surface area contributed by atoms with Crippen LogP contribution in [0.2, 0.25) is 5.02 Å². The minimum atomic E-state index is -0.996. The Kier molecular flexibility index (Phi) is 4.38. The van der Waals surface area contributed by atoms with E-state index >= 15 is 0 Å². The first-order valence-electron chi connectivity index (χ1n) is 5.82. The van der Waals surface area contributed by atoms with E-state index in [1.165, 1.54) is 12.1 Å². The lowest BCUT2D eigenvalue weighted by Crippen LogP contribution is -2.06. The number of carbonyl (C=O) groups excluding carboxylic acids is 1. The average molecular weight is 291 g/mol. The molecule has 0 amide bonds. The number of ether oxygens (including phenoxy) is 1. The lowest BCUT2D eigenvalue weighted by molar-refractivity contribution is 0.0472. The summed E-state index contributed by atoms with van der Waals surface area (Å²) in [5.41, 5.74) is 1.19. The minimum Gasteiger partial charge on any atom is -0.478 e. The van der Waals surface area contributed by atoms with Gasteiger partial charge in [0.2, 0.25) is 0 Å². The average Bonchev–Trinajstić information content (AvgIpc) is 2.45. The Morgan fingerprint density at radius 1 is 1.05 bits per heavy atom. The van der Waals surface area contributed by atoms with E-state index in [4.69, 9.17) is 21.4 Å². The van der Waals surface area contributed by atoms with Gasteiger partial charge in [-0.2, -0.15) is 0 Å². The molecule has 0 aliphatic rings. The summed E-state index contributed by atoms with van der Waals surface area (Å²) in [5, 5.41) is 9.11. The number of carboxylic acids is 1. The Hall–Kier alpha value is -2.33. The van der Waals surface area contributed by atoms with Gasteiger partial charge >= 0.3 is 11.9 Å². The molecule has 0 spiro atoms. The summed E-state index contributed by atoms with van der Waals surface area (Å²) >= 11 is 5.89. The van der Waals surface area contributed by atoms with E-state index in [0.717, 1.165) is 0 Å². The smallest absolute Gasteiger partial charge is 0.339 e. The first kappa shape index (κ1) is 14.1. The van der Waals surface area contributed by atoms with Gasteiger partial charge in [-0.05, 0) is 29.8 Å². The Morgan fingerprint density at radius 3 is 2.30 bits per heavy atom. The van der Waals surface area contributed by atoms with E-state index in [-0.39, 0.29) is 12.2 Å². The van der Waals surface area contributed by atoms with E-state index in [1.807, 2.05) is 0 Å². The molecule has 2 aromatic carbocycles. The molecule has 0 bridgehead atoms. The van der Waals surface area contributed by atoms with E-state index in [9.17, 15) is 9.59 Å². The number of benzene rings is 2. The van der Waals surface area contributed by atoms with Crippen LogP contribution in [0, 0.1) is 0 Å². The molecule has 5 heteroatoms. The van der Waals surface area contributed by atoms with Crippen LogP contribution >= 0.6 is 11.6 Å². The SMILES string of the molecule is O=C(O)c1ccc(COC(=O)c2ccccc2Cl)cc1. The Bertz CT molecular complexity index is 635. The highest BCUT2D eigenvalue weighted by molar-refractivity contribution is 6.33. The summed E-state index contributed by atoms with van der Waals surface area (Å²) < 4.78 is 5.12. The fourth-order valence-electron chi connectivity index (χ4n) is 1.60. The van der Waals surface area contributed by atoms with Gasteiger partial charge in [-0.1, -0.05) is 35.9 Å². The van der Waals surface area contributed by atoms with Gasteiger partial charge in [0.25, 0.3) is 0 Å². The van der Waals surface area contributed by atoms with Crippen molar-refractivity contribution in [2.24, 2.45) is 0 Å². The fraction of sp³-hybridized carbons (Fsp3) is 0.0667. The van der Waals surface area contributed by atoms with E-state index < -0.39 is 11.9 Å². The first-order valence-corrected chi connectivity index (χ1v) is 6.19. The maximum Gasteiger partial charge on any atom is 0.339 e. The van der Waals surface area contributed by atoms with E-state index in [1.54, 1.807) is 36.4 Å². The van der Waals surface area contributed by atoms with Gasteiger partial charge in [0.05, 0.1) is 16.1 Å². The minimum absolute atomic E-state index is 0.0595. The van der Waals surface area contributed by atoms with Crippen molar-refractivity contribution in [1.82, 2.24) is 0 Å². The third-order valence-electron chi connectivity index (χ3n) is 2.66. The van der Waals surface area contributed by atoms with Crippen LogP contribution < -0.4 is 0 Å². The second kappa shape index (κ2) is 6.21. The molecule has 1 N–H and O–H groups in total. The molecule has 2 rings (SSSR count). The quantitative estimate of drug-likeness (QED) is 0.877. The summed E-state index contributed by atoms with van der Waals surface area (Å²) in [6.45, 7) is 0.0595. The highest BCUT2D eigenvalue weighted by Gasteiger charge is 2.11. The second-order valence-electron chi connectivity index (χ2n) is 4.06. The molecular formula is C15H11ClO4. The van der Waals surface area contributed by atoms with Gasteiger partial charge in [0.15, 0.2) is 0 Å². The molecule has 0 aliphatic heterocycles. The molecule has 0 unspecified atom stereocenters. The van der Waals surface area contributed by atoms with Crippen molar-refractivity contribution in [3.8, 4) is 0 Å². The molecule has 0 atom stereocenters. The van der Waals surface area contributed by atoms with E-state index in [2.05, 4.69) is 0 Å². The number of aromatic carboxylic acids is 1. The number of hydrogen-bond acceptors (Lipinski definition) is 3. The van der Waals surface area contributed by atoms with Crippen LogP contribution in [0.25, 0.3) is 0 Å². The van der Waals surface area contributed by atoms with Crippen LogP contribution in [0.4, 0.5) is 0 Å². The highest BCUT2D eigenvalue weighted by atomic mass is 35.5. The summed E-state index contributed by atoms with van der Waals surface area (Å²) in [5.74, 6) is -1.51. The number of carboxylic acid groups (broad SMARTS) is 1. The zero-order valence-corrected chi connectivity index (χ0v) is 11.1. The molecular weight excluding hydrogens is 280 g/mol. The number of rotatable bonds is 4. The van der Waals surface area contributed by atoms with Crippen LogP contribution in [0.15, 0.2) is 48.5 Å². The molecule has 0 saturated heterocycles. The number of hydrogen-bond donors (Lipinski definition) is 1. The van der Waals surface area contributed by atoms with Crippen molar-refractivity contribution in [3.63, 3.8) is 0 Å². The number of esters is 1. The van der Waals surface area contributed by atoms with Gasteiger partial charge in [0.1, 0.15) is 6.61 Å². The molecule has 0 aromatic heterocycles. The van der Waals surface area contributed by atoms with Crippen molar-refractivity contribution >= 4 is 23.5 Å². The number of carbonyl (C=O) groups is 2. The Morgan fingerprint density at radius 2 is 1.70 bits per heavy atom. The molecule has 0 saturated carbocycles. The van der Waals surface area contributed by atoms with Crippen LogP contribution in [0.5, 0.6) is 0 Å². The van der Waals surface area contributed by atoms with Crippen LogP contribution in [0.1, 0.15) is 26.3 Å². The normalized spacial score (nSPS) is 10.1. The predicted molar refractivity (Wildman–Crippen MR) is 74.0 cm³/mol. The summed E-state index contributed by atoms with van der Waals surface area (Å²) in [7, 11) is 0. The third kappa shape index (κ3) is 3.36. The second-order valence-corrected chi connectivity index (χ2v) is 4.47. The molecule has 20 heavy (non-hydrogen) atoms. The molecule has 0 heterocycles. The van der Waals surface area contributed by atoms with Gasteiger partial charge in [-0.3, -0.25) is 0 Å². The zero-order chi connectivity index (χ0) is 14.5. The van der Waals surface area contributed by atoms with Crippen molar-refractivity contribution in [2.45, 2.75) is 6.61 Å². The molecule has 0 fully saturated rings. The van der Waals surface area contributed by atoms with Gasteiger partial charge in [-0.25, -0.2) is 9.59 Å². The topological polar surface area (TPSA) is 63.6 Å². The standard InChI is InChI=1S/C15H11ClO4/c16-13-4-2-1-3-12(13)15(19)20-9-10-5-7-11(8-6-10)14(17)18/h1-8H,9H2,(H,17,18). The predicted octanol–water partition coefficient (Wildman–Crippen LogP) is 3.40. The fourth-order valence-corrected chi connectivity index (χ4v) is 1.81. The van der Waals surface area contributed by atoms with Crippen molar-refractivity contribution < 1.29 is 19.4 Å². The van der Waals surface area contributed by atoms with Crippen LogP contribution in [0.3, 0.4) is 0 Å². The van der Waals surface area contributed by atoms with Crippen LogP contribution in [-0.4, -0.2) is 17.0 Å². The molecule has 0 aliphatic carbocycles. The largest absolute Gasteiger partial charge is 0.478 e. The van der Waals surface area contributed by atoms with Crippen molar-refractivity contribution in [3.05, 3.63) is 70.2 Å². The van der Waals surface area contributed by atoms with Gasteiger partial charge < -0.3 is 9.84 Å². The zero-order valence-electron chi connectivity index (χ0n) is 10.4. The molecule has 4 nitrogen and oxygen atoms in total. The van der Waals surface area contributed by atoms with Crippen molar-refractivity contribution in [1.29, 1.82) is 0 Å². The third-order valence-corrected chi connectivity index (χ3v) is 2.99. The van der Waals surface area contributed by atoms with Gasteiger partial charge in [-0.15, -0.1) is 0 Å². The Labute approximate surface area is 120 Å². The molecule has 0 radical (unpaired) electrons. The first-order chi connectivity index (χ1) is 9.58. The lowest BCUT2D eigenvalue weighted by Gasteiger charge is -2.06. The number of halogens is 1. The highest BCUT2D eigenvalue weighted by Crippen LogP contribution is 2.16. The maximum atomic E-state index is 11.8. The van der Waals surface area contributed by atoms with Crippen LogP contribution in [-0.2, 0) is 11.3 Å².